The van der Waals surface area contributed by atoms with Crippen LogP contribution in [0.5, 0.6) is 0 Å². The fourth-order valence-electron chi connectivity index (χ4n) is 2.52. The average molecular weight is 463 g/mol. The first-order chi connectivity index (χ1) is 13.5. The van der Waals surface area contributed by atoms with E-state index in [0.29, 0.717) is 22.0 Å². The van der Waals surface area contributed by atoms with Crippen molar-refractivity contribution in [2.24, 2.45) is 0 Å². The molecule has 0 spiro atoms. The molecule has 0 radical (unpaired) electrons. The van der Waals surface area contributed by atoms with Gasteiger partial charge in [0.05, 0.1) is 11.4 Å². The number of rotatable bonds is 6. The molecule has 2 aromatic carbocycles. The number of ether oxygens (including phenoxy) is 1. The Morgan fingerprint density at radius 2 is 1.93 bits per heavy atom. The predicted molar refractivity (Wildman–Crippen MR) is 110 cm³/mol. The second-order valence-corrected chi connectivity index (χ2v) is 7.23. The minimum Gasteiger partial charge on any atom is -0.459 e. The molecule has 1 amide bonds. The molecule has 0 aliphatic carbocycles. The van der Waals surface area contributed by atoms with Crippen molar-refractivity contribution in [2.45, 2.75) is 13.5 Å². The molecule has 0 saturated heterocycles. The van der Waals surface area contributed by atoms with Crippen molar-refractivity contribution in [1.29, 1.82) is 0 Å². The van der Waals surface area contributed by atoms with Crippen molar-refractivity contribution < 1.29 is 14.3 Å². The highest BCUT2D eigenvalue weighted by atomic mass is 79.9. The molecule has 8 heteroatoms. The summed E-state index contributed by atoms with van der Waals surface area (Å²) in [4.78, 5) is 24.1. The van der Waals surface area contributed by atoms with Gasteiger partial charge in [-0.3, -0.25) is 9.59 Å². The molecule has 0 unspecified atom stereocenters. The van der Waals surface area contributed by atoms with E-state index in [9.17, 15) is 9.59 Å². The summed E-state index contributed by atoms with van der Waals surface area (Å²) in [5.41, 5.74) is 2.55. The number of esters is 1. The van der Waals surface area contributed by atoms with Crippen LogP contribution in [-0.4, -0.2) is 28.2 Å². The van der Waals surface area contributed by atoms with Gasteiger partial charge in [-0.15, -0.1) is 0 Å². The van der Waals surface area contributed by atoms with Crippen LogP contribution in [0.2, 0.25) is 5.15 Å². The van der Waals surface area contributed by atoms with Crippen molar-refractivity contribution in [2.75, 3.05) is 6.54 Å². The summed E-state index contributed by atoms with van der Waals surface area (Å²) in [7, 11) is 0. The number of carbonyl (C=O) groups is 2. The largest absolute Gasteiger partial charge is 0.459 e. The normalized spacial score (nSPS) is 10.5. The lowest BCUT2D eigenvalue weighted by Gasteiger charge is -2.07. The highest BCUT2D eigenvalue weighted by Gasteiger charge is 2.17. The Morgan fingerprint density at radius 3 is 2.64 bits per heavy atom. The molecular weight excluding hydrogens is 446 g/mol. The van der Waals surface area contributed by atoms with Crippen molar-refractivity contribution in [3.63, 3.8) is 0 Å². The van der Waals surface area contributed by atoms with E-state index < -0.39 is 5.97 Å². The van der Waals surface area contributed by atoms with Gasteiger partial charge in [0.15, 0.2) is 0 Å². The quantitative estimate of drug-likeness (QED) is 0.561. The number of para-hydroxylation sites is 1. The number of nitrogens with zero attached hydrogens (tertiary/aromatic N) is 2. The van der Waals surface area contributed by atoms with Crippen molar-refractivity contribution in [3.05, 3.63) is 81.0 Å². The molecule has 0 aliphatic rings. The van der Waals surface area contributed by atoms with E-state index in [4.69, 9.17) is 16.3 Å². The Kier molecular flexibility index (Phi) is 6.49. The molecule has 3 rings (SSSR count). The first kappa shape index (κ1) is 20.1. The lowest BCUT2D eigenvalue weighted by molar-refractivity contribution is -0.143. The highest BCUT2D eigenvalue weighted by molar-refractivity contribution is 9.10. The van der Waals surface area contributed by atoms with Gasteiger partial charge in [-0.2, -0.15) is 5.10 Å². The molecule has 0 atom stereocenters. The van der Waals surface area contributed by atoms with Crippen LogP contribution in [0.15, 0.2) is 59.1 Å². The zero-order valence-corrected chi connectivity index (χ0v) is 17.3. The van der Waals surface area contributed by atoms with Crippen LogP contribution in [-0.2, 0) is 16.1 Å². The zero-order chi connectivity index (χ0) is 20.1. The fourth-order valence-corrected chi connectivity index (χ4v) is 3.25. The van der Waals surface area contributed by atoms with E-state index in [1.165, 1.54) is 0 Å². The minimum absolute atomic E-state index is 0.0247. The van der Waals surface area contributed by atoms with Crippen LogP contribution in [0.4, 0.5) is 0 Å². The van der Waals surface area contributed by atoms with Crippen LogP contribution in [0.3, 0.4) is 0 Å². The van der Waals surface area contributed by atoms with Gasteiger partial charge in [0, 0.05) is 15.6 Å². The highest BCUT2D eigenvalue weighted by Crippen LogP contribution is 2.24. The van der Waals surface area contributed by atoms with Crippen molar-refractivity contribution in [3.8, 4) is 5.69 Å². The molecule has 3 aromatic rings. The van der Waals surface area contributed by atoms with E-state index in [-0.39, 0.29) is 19.1 Å². The van der Waals surface area contributed by atoms with Gasteiger partial charge in [0.1, 0.15) is 18.3 Å². The summed E-state index contributed by atoms with van der Waals surface area (Å²) in [6, 6.07) is 16.3. The molecule has 0 saturated carbocycles. The third kappa shape index (κ3) is 4.79. The number of benzene rings is 2. The Bertz CT molecular complexity index is 1010. The van der Waals surface area contributed by atoms with E-state index in [1.807, 2.05) is 36.4 Å². The monoisotopic (exact) mass is 461 g/mol. The van der Waals surface area contributed by atoms with Crippen LogP contribution in [0.1, 0.15) is 21.6 Å². The molecule has 28 heavy (non-hydrogen) atoms. The summed E-state index contributed by atoms with van der Waals surface area (Å²) in [6.45, 7) is 1.53. The molecule has 0 bridgehead atoms. The summed E-state index contributed by atoms with van der Waals surface area (Å²) >= 11 is 9.71. The second kappa shape index (κ2) is 9.03. The maximum atomic E-state index is 12.1. The summed E-state index contributed by atoms with van der Waals surface area (Å²) < 4.78 is 7.62. The first-order valence-corrected chi connectivity index (χ1v) is 9.61. The van der Waals surface area contributed by atoms with Gasteiger partial charge in [0.25, 0.3) is 5.91 Å². The predicted octanol–water partition coefficient (Wildman–Crippen LogP) is 4.07. The van der Waals surface area contributed by atoms with Crippen LogP contribution in [0, 0.1) is 6.92 Å². The molecule has 0 fully saturated rings. The second-order valence-electron chi connectivity index (χ2n) is 5.96. The van der Waals surface area contributed by atoms with E-state index in [2.05, 4.69) is 26.3 Å². The molecule has 0 aliphatic heterocycles. The third-order valence-corrected chi connectivity index (χ3v) is 4.86. The minimum atomic E-state index is -0.564. The van der Waals surface area contributed by atoms with Gasteiger partial charge in [-0.1, -0.05) is 51.8 Å². The third-order valence-electron chi connectivity index (χ3n) is 3.98. The molecule has 6 nitrogen and oxygen atoms in total. The summed E-state index contributed by atoms with van der Waals surface area (Å²) in [5, 5.41) is 7.32. The van der Waals surface area contributed by atoms with Crippen LogP contribution in [0.25, 0.3) is 5.69 Å². The van der Waals surface area contributed by atoms with E-state index >= 15 is 0 Å². The molecule has 1 N–H and O–H groups in total. The Hall–Kier alpha value is -2.64. The van der Waals surface area contributed by atoms with Gasteiger partial charge in [-0.05, 0) is 37.3 Å². The number of hydrogen-bond acceptors (Lipinski definition) is 4. The Labute approximate surface area is 175 Å². The first-order valence-electron chi connectivity index (χ1n) is 8.44. The summed E-state index contributed by atoms with van der Waals surface area (Å²) in [5.74, 6) is -0.921. The number of amides is 1. The Morgan fingerprint density at radius 1 is 1.18 bits per heavy atom. The van der Waals surface area contributed by atoms with Crippen LogP contribution >= 0.6 is 27.5 Å². The van der Waals surface area contributed by atoms with Crippen LogP contribution < -0.4 is 5.32 Å². The Balaban J connectivity index is 1.58. The lowest BCUT2D eigenvalue weighted by atomic mass is 10.2. The van der Waals surface area contributed by atoms with E-state index in [0.717, 1.165) is 10.2 Å². The van der Waals surface area contributed by atoms with Gasteiger partial charge < -0.3 is 10.1 Å². The molecular formula is C20H17BrClN3O3. The number of aromatic nitrogens is 2. The maximum Gasteiger partial charge on any atom is 0.325 e. The van der Waals surface area contributed by atoms with Gasteiger partial charge >= 0.3 is 5.97 Å². The van der Waals surface area contributed by atoms with Gasteiger partial charge in [-0.25, -0.2) is 4.68 Å². The topological polar surface area (TPSA) is 73.2 Å². The summed E-state index contributed by atoms with van der Waals surface area (Å²) in [6.07, 6.45) is 0. The van der Waals surface area contributed by atoms with Crippen molar-refractivity contribution in [1.82, 2.24) is 15.1 Å². The molecule has 1 aromatic heterocycles. The number of carbonyl (C=O) groups excluding carboxylic acids is 2. The molecule has 144 valence electrons. The molecule has 1 heterocycles. The number of halogens is 2. The average Bonchev–Trinajstić information content (AvgIpc) is 2.98. The van der Waals surface area contributed by atoms with E-state index in [1.54, 1.807) is 29.8 Å². The zero-order valence-electron chi connectivity index (χ0n) is 15.0. The lowest BCUT2D eigenvalue weighted by Crippen LogP contribution is -2.30. The maximum absolute atomic E-state index is 12.1. The smallest absolute Gasteiger partial charge is 0.325 e. The number of aryl methyl sites for hydroxylation is 1. The SMILES string of the molecule is Cc1nn(-c2ccccc2)c(Cl)c1COC(=O)CNC(=O)c1cccc(Br)c1. The number of hydrogen-bond donors (Lipinski definition) is 1. The van der Waals surface area contributed by atoms with Crippen molar-refractivity contribution >= 4 is 39.4 Å². The fraction of sp³-hybridized carbons (Fsp3) is 0.150. The standard InChI is InChI=1S/C20H17BrClN3O3/c1-13-17(19(22)25(24-13)16-8-3-2-4-9-16)12-28-18(26)11-23-20(27)14-6-5-7-15(21)10-14/h2-10H,11-12H2,1H3,(H,23,27). The van der Waals surface area contributed by atoms with Gasteiger partial charge in [0.2, 0.25) is 0 Å². The number of nitrogens with one attached hydrogen (secondary N) is 1.